The Hall–Kier alpha value is -0.0500. The van der Waals surface area contributed by atoms with Gasteiger partial charge in [-0.1, -0.05) is 38.8 Å². The van der Waals surface area contributed by atoms with Crippen LogP contribution >= 0.6 is 22.9 Å². The van der Waals surface area contributed by atoms with E-state index in [0.29, 0.717) is 5.41 Å². The highest BCUT2D eigenvalue weighted by Crippen LogP contribution is 2.44. The van der Waals surface area contributed by atoms with Gasteiger partial charge in [0.2, 0.25) is 0 Å². The van der Waals surface area contributed by atoms with Gasteiger partial charge in [0.1, 0.15) is 0 Å². The summed E-state index contributed by atoms with van der Waals surface area (Å²) in [6.07, 6.45) is 6.14. The summed E-state index contributed by atoms with van der Waals surface area (Å²) in [5, 5.41) is 10.8. The first kappa shape index (κ1) is 15.3. The average molecular weight is 301 g/mol. The van der Waals surface area contributed by atoms with Crippen LogP contribution in [0.3, 0.4) is 0 Å². The standard InChI is InChI=1S/C16H25ClOS/c1-4-15(2,3)12-7-9-16(18,10-8-12)11-13-5-6-14(17)19-13/h5-6,12,18H,4,7-11H2,1-3H3. The van der Waals surface area contributed by atoms with Crippen LogP contribution in [0.25, 0.3) is 0 Å². The van der Waals surface area contributed by atoms with E-state index in [-0.39, 0.29) is 0 Å². The summed E-state index contributed by atoms with van der Waals surface area (Å²) in [5.74, 6) is 0.754. The molecule has 1 aliphatic carbocycles. The van der Waals surface area contributed by atoms with Crippen molar-refractivity contribution in [2.24, 2.45) is 11.3 Å². The van der Waals surface area contributed by atoms with Crippen molar-refractivity contribution in [1.82, 2.24) is 0 Å². The SMILES string of the molecule is CCC(C)(C)C1CCC(O)(Cc2ccc(Cl)s2)CC1. The van der Waals surface area contributed by atoms with Crippen LogP contribution in [-0.2, 0) is 6.42 Å². The number of aliphatic hydroxyl groups is 1. The van der Waals surface area contributed by atoms with Crippen molar-refractivity contribution in [2.45, 2.75) is 64.9 Å². The van der Waals surface area contributed by atoms with Gasteiger partial charge in [0.15, 0.2) is 0 Å². The Labute approximate surface area is 126 Å². The molecule has 1 fully saturated rings. The van der Waals surface area contributed by atoms with Gasteiger partial charge in [-0.25, -0.2) is 0 Å². The van der Waals surface area contributed by atoms with Crippen LogP contribution in [0.15, 0.2) is 12.1 Å². The molecule has 0 saturated heterocycles. The highest BCUT2D eigenvalue weighted by molar-refractivity contribution is 7.16. The van der Waals surface area contributed by atoms with Crippen LogP contribution < -0.4 is 0 Å². The van der Waals surface area contributed by atoms with Gasteiger partial charge in [-0.2, -0.15) is 0 Å². The van der Waals surface area contributed by atoms with E-state index in [1.165, 1.54) is 11.3 Å². The molecule has 0 aromatic carbocycles. The van der Waals surface area contributed by atoms with Crippen LogP contribution in [0.2, 0.25) is 4.34 Å². The van der Waals surface area contributed by atoms with E-state index in [4.69, 9.17) is 11.6 Å². The Balaban J connectivity index is 1.94. The fourth-order valence-electron chi connectivity index (χ4n) is 3.17. The molecule has 19 heavy (non-hydrogen) atoms. The first-order chi connectivity index (χ1) is 8.85. The maximum atomic E-state index is 10.8. The molecule has 0 aliphatic heterocycles. The molecule has 2 rings (SSSR count). The third-order valence-corrected chi connectivity index (χ3v) is 6.30. The Kier molecular flexibility index (Phi) is 4.64. The lowest BCUT2D eigenvalue weighted by molar-refractivity contribution is -0.0270. The van der Waals surface area contributed by atoms with Crippen molar-refractivity contribution in [2.75, 3.05) is 0 Å². The monoisotopic (exact) mass is 300 g/mol. The fraction of sp³-hybridized carbons (Fsp3) is 0.750. The minimum absolute atomic E-state index is 0.410. The lowest BCUT2D eigenvalue weighted by atomic mass is 9.66. The topological polar surface area (TPSA) is 20.2 Å². The molecule has 1 aromatic rings. The van der Waals surface area contributed by atoms with E-state index in [1.54, 1.807) is 11.3 Å². The van der Waals surface area contributed by atoms with Gasteiger partial charge in [-0.05, 0) is 49.1 Å². The van der Waals surface area contributed by atoms with Crippen LogP contribution in [-0.4, -0.2) is 10.7 Å². The predicted octanol–water partition coefficient (Wildman–Crippen LogP) is 5.30. The first-order valence-electron chi connectivity index (χ1n) is 7.31. The van der Waals surface area contributed by atoms with E-state index in [9.17, 15) is 5.11 Å². The van der Waals surface area contributed by atoms with Gasteiger partial charge >= 0.3 is 0 Å². The van der Waals surface area contributed by atoms with Crippen LogP contribution in [0.1, 0.15) is 57.8 Å². The molecule has 1 N–H and O–H groups in total. The maximum absolute atomic E-state index is 10.8. The van der Waals surface area contributed by atoms with Crippen molar-refractivity contribution in [3.63, 3.8) is 0 Å². The van der Waals surface area contributed by atoms with Gasteiger partial charge in [0.05, 0.1) is 9.94 Å². The van der Waals surface area contributed by atoms with Crippen LogP contribution in [0.5, 0.6) is 0 Å². The Morgan fingerprint density at radius 3 is 2.47 bits per heavy atom. The zero-order valence-electron chi connectivity index (χ0n) is 12.2. The minimum atomic E-state index is -0.505. The normalized spacial score (nSPS) is 28.6. The summed E-state index contributed by atoms with van der Waals surface area (Å²) in [4.78, 5) is 1.21. The third-order valence-electron chi connectivity index (χ3n) is 5.06. The highest BCUT2D eigenvalue weighted by atomic mass is 35.5. The average Bonchev–Trinajstić information content (AvgIpc) is 2.74. The largest absolute Gasteiger partial charge is 0.390 e. The molecule has 1 aromatic heterocycles. The van der Waals surface area contributed by atoms with Gasteiger partial charge in [-0.15, -0.1) is 11.3 Å². The van der Waals surface area contributed by atoms with E-state index in [2.05, 4.69) is 20.8 Å². The van der Waals surface area contributed by atoms with E-state index < -0.39 is 5.60 Å². The summed E-state index contributed by atoms with van der Waals surface area (Å²) < 4.78 is 0.819. The maximum Gasteiger partial charge on any atom is 0.0931 e. The van der Waals surface area contributed by atoms with Crippen molar-refractivity contribution in [3.05, 3.63) is 21.3 Å². The van der Waals surface area contributed by atoms with Crippen molar-refractivity contribution >= 4 is 22.9 Å². The number of thiophene rings is 1. The zero-order valence-corrected chi connectivity index (χ0v) is 13.8. The van der Waals surface area contributed by atoms with Gasteiger partial charge in [-0.3, -0.25) is 0 Å². The molecule has 0 spiro atoms. The molecule has 0 atom stereocenters. The molecule has 0 unspecified atom stereocenters. The van der Waals surface area contributed by atoms with Crippen molar-refractivity contribution in [1.29, 1.82) is 0 Å². The summed E-state index contributed by atoms with van der Waals surface area (Å²) in [7, 11) is 0. The second-order valence-electron chi connectivity index (χ2n) is 6.72. The van der Waals surface area contributed by atoms with E-state index in [0.717, 1.165) is 42.4 Å². The molecular weight excluding hydrogens is 276 g/mol. The molecule has 108 valence electrons. The predicted molar refractivity (Wildman–Crippen MR) is 84.0 cm³/mol. The summed E-state index contributed by atoms with van der Waals surface area (Å²) in [6.45, 7) is 7.00. The molecule has 0 amide bonds. The fourth-order valence-corrected chi connectivity index (χ4v) is 4.40. The first-order valence-corrected chi connectivity index (χ1v) is 8.51. The number of hydrogen-bond donors (Lipinski definition) is 1. The van der Waals surface area contributed by atoms with Gasteiger partial charge < -0.3 is 5.11 Å². The molecule has 1 nitrogen and oxygen atoms in total. The lowest BCUT2D eigenvalue weighted by Gasteiger charge is -2.42. The lowest BCUT2D eigenvalue weighted by Crippen LogP contribution is -2.39. The molecule has 1 heterocycles. The summed E-state index contributed by atoms with van der Waals surface area (Å²) >= 11 is 7.56. The van der Waals surface area contributed by atoms with Crippen LogP contribution in [0.4, 0.5) is 0 Å². The van der Waals surface area contributed by atoms with Crippen molar-refractivity contribution < 1.29 is 5.11 Å². The third kappa shape index (κ3) is 3.74. The second-order valence-corrected chi connectivity index (χ2v) is 8.52. The summed E-state index contributed by atoms with van der Waals surface area (Å²) in [6, 6.07) is 3.98. The van der Waals surface area contributed by atoms with E-state index >= 15 is 0 Å². The highest BCUT2D eigenvalue weighted by Gasteiger charge is 2.38. The number of halogens is 1. The quantitative estimate of drug-likeness (QED) is 0.800. The molecule has 1 saturated carbocycles. The Morgan fingerprint density at radius 2 is 2.00 bits per heavy atom. The van der Waals surface area contributed by atoms with Crippen LogP contribution in [0, 0.1) is 11.3 Å². The van der Waals surface area contributed by atoms with Gasteiger partial charge in [0, 0.05) is 11.3 Å². The Morgan fingerprint density at radius 1 is 1.37 bits per heavy atom. The number of hydrogen-bond acceptors (Lipinski definition) is 2. The van der Waals surface area contributed by atoms with Crippen molar-refractivity contribution in [3.8, 4) is 0 Å². The number of rotatable bonds is 4. The minimum Gasteiger partial charge on any atom is -0.390 e. The zero-order chi connectivity index (χ0) is 14.1. The second kappa shape index (κ2) is 5.75. The molecule has 0 radical (unpaired) electrons. The molecule has 0 bridgehead atoms. The molecule has 3 heteroatoms. The Bertz CT molecular complexity index is 416. The molecular formula is C16H25ClOS. The summed E-state index contributed by atoms with van der Waals surface area (Å²) in [5.41, 5.74) is -0.0952. The smallest absolute Gasteiger partial charge is 0.0931 e. The van der Waals surface area contributed by atoms with Gasteiger partial charge in [0.25, 0.3) is 0 Å². The van der Waals surface area contributed by atoms with E-state index in [1.807, 2.05) is 12.1 Å². The molecule has 1 aliphatic rings.